The van der Waals surface area contributed by atoms with Crippen LogP contribution in [0.1, 0.15) is 29.7 Å². The third-order valence-corrected chi connectivity index (χ3v) is 7.20. The van der Waals surface area contributed by atoms with Crippen LogP contribution >= 0.6 is 35.6 Å². The first-order chi connectivity index (χ1) is 18.0. The highest BCUT2D eigenvalue weighted by molar-refractivity contribution is 8.26. The van der Waals surface area contributed by atoms with Gasteiger partial charge in [-0.1, -0.05) is 78.0 Å². The van der Waals surface area contributed by atoms with Crippen molar-refractivity contribution in [2.24, 2.45) is 0 Å². The molecule has 196 valence electrons. The van der Waals surface area contributed by atoms with Crippen molar-refractivity contribution in [1.82, 2.24) is 4.90 Å². The highest BCUT2D eigenvalue weighted by atomic mass is 35.5. The fourth-order valence-corrected chi connectivity index (χ4v) is 5.35. The van der Waals surface area contributed by atoms with Gasteiger partial charge in [0, 0.05) is 5.69 Å². The first-order valence-electron chi connectivity index (χ1n) is 11.2. The largest absolute Gasteiger partial charge is 0.482 e. The van der Waals surface area contributed by atoms with E-state index in [0.717, 1.165) is 17.7 Å². The molecule has 5 nitrogen and oxygen atoms in total. The van der Waals surface area contributed by atoms with E-state index in [4.69, 9.17) is 28.6 Å². The van der Waals surface area contributed by atoms with Crippen molar-refractivity contribution in [2.75, 3.05) is 11.9 Å². The van der Waals surface area contributed by atoms with Gasteiger partial charge in [0.1, 0.15) is 10.1 Å². The summed E-state index contributed by atoms with van der Waals surface area (Å²) < 4.78 is 44.5. The van der Waals surface area contributed by atoms with Crippen molar-refractivity contribution in [2.45, 2.75) is 19.1 Å². The Bertz CT molecular complexity index is 1410. The van der Waals surface area contributed by atoms with Crippen LogP contribution in [0.2, 0.25) is 5.02 Å². The summed E-state index contributed by atoms with van der Waals surface area (Å²) in [4.78, 5) is 27.3. The van der Waals surface area contributed by atoms with Gasteiger partial charge in [-0.05, 0) is 54.5 Å². The van der Waals surface area contributed by atoms with Gasteiger partial charge in [0.2, 0.25) is 0 Å². The highest BCUT2D eigenvalue weighted by Crippen LogP contribution is 2.38. The van der Waals surface area contributed by atoms with E-state index in [-0.39, 0.29) is 28.4 Å². The van der Waals surface area contributed by atoms with Gasteiger partial charge in [0.25, 0.3) is 11.8 Å². The summed E-state index contributed by atoms with van der Waals surface area (Å²) >= 11 is 13.0. The molecule has 1 saturated heterocycles. The maximum atomic E-state index is 13.1. The molecule has 0 radical (unpaired) electrons. The molecule has 0 unspecified atom stereocenters. The van der Waals surface area contributed by atoms with E-state index in [1.54, 1.807) is 29.2 Å². The molecule has 11 heteroatoms. The van der Waals surface area contributed by atoms with Gasteiger partial charge in [-0.25, -0.2) is 0 Å². The number of thiocarbonyl (C=S) groups is 1. The van der Waals surface area contributed by atoms with E-state index in [0.29, 0.717) is 14.8 Å². The van der Waals surface area contributed by atoms with E-state index < -0.39 is 24.3 Å². The molecule has 3 aromatic carbocycles. The lowest BCUT2D eigenvalue weighted by molar-refractivity contribution is -0.137. The van der Waals surface area contributed by atoms with E-state index in [9.17, 15) is 22.8 Å². The predicted octanol–water partition coefficient (Wildman–Crippen LogP) is 7.34. The van der Waals surface area contributed by atoms with Gasteiger partial charge in [-0.2, -0.15) is 13.2 Å². The summed E-state index contributed by atoms with van der Waals surface area (Å²) in [7, 11) is 0. The lowest BCUT2D eigenvalue weighted by Gasteiger charge is -2.23. The molecule has 4 rings (SSSR count). The normalized spacial score (nSPS) is 15.6. The number of thioether (sulfide) groups is 1. The number of benzene rings is 3. The Morgan fingerprint density at radius 1 is 1.13 bits per heavy atom. The average molecular weight is 577 g/mol. The number of ether oxygens (including phenoxy) is 1. The van der Waals surface area contributed by atoms with Crippen molar-refractivity contribution in [1.29, 1.82) is 0 Å². The van der Waals surface area contributed by atoms with Gasteiger partial charge in [-0.15, -0.1) is 0 Å². The van der Waals surface area contributed by atoms with Crippen LogP contribution in [0.4, 0.5) is 18.9 Å². The third kappa shape index (κ3) is 6.56. The Morgan fingerprint density at radius 3 is 2.55 bits per heavy atom. The van der Waals surface area contributed by atoms with Crippen molar-refractivity contribution < 1.29 is 27.5 Å². The summed E-state index contributed by atoms with van der Waals surface area (Å²) in [5, 5.41) is 2.56. The van der Waals surface area contributed by atoms with E-state index in [2.05, 4.69) is 5.32 Å². The molecule has 1 heterocycles. The Hall–Kier alpha value is -3.34. The number of anilines is 1. The molecular weight excluding hydrogens is 557 g/mol. The van der Waals surface area contributed by atoms with Crippen molar-refractivity contribution in [3.05, 3.63) is 99.4 Å². The van der Waals surface area contributed by atoms with Crippen LogP contribution in [-0.2, 0) is 15.8 Å². The minimum Gasteiger partial charge on any atom is -0.482 e. The highest BCUT2D eigenvalue weighted by Gasteiger charge is 2.36. The molecular formula is C27H20ClF3N2O3S2. The molecule has 2 amide bonds. The molecule has 1 aliphatic heterocycles. The first-order valence-corrected chi connectivity index (χ1v) is 12.8. The molecule has 0 saturated carbocycles. The number of carbonyl (C=O) groups is 2. The molecule has 38 heavy (non-hydrogen) atoms. The topological polar surface area (TPSA) is 58.6 Å². The number of nitrogens with zero attached hydrogens (tertiary/aromatic N) is 1. The number of nitrogens with one attached hydrogen (secondary N) is 1. The molecule has 1 fully saturated rings. The molecule has 1 aliphatic rings. The Kier molecular flexibility index (Phi) is 8.44. The van der Waals surface area contributed by atoms with E-state index in [1.165, 1.54) is 23.9 Å². The number of halogens is 4. The zero-order chi connectivity index (χ0) is 27.4. The maximum absolute atomic E-state index is 13.1. The monoisotopic (exact) mass is 576 g/mol. The molecule has 0 aromatic heterocycles. The number of alkyl halides is 3. The van der Waals surface area contributed by atoms with Crippen LogP contribution in [0, 0.1) is 0 Å². The fourth-order valence-electron chi connectivity index (χ4n) is 3.68. The van der Waals surface area contributed by atoms with E-state index >= 15 is 0 Å². The second-order valence-corrected chi connectivity index (χ2v) is 10.3. The molecule has 1 N–H and O–H groups in total. The average Bonchev–Trinajstić information content (AvgIpc) is 3.15. The third-order valence-electron chi connectivity index (χ3n) is 5.58. The lowest BCUT2D eigenvalue weighted by atomic mass is 10.1. The van der Waals surface area contributed by atoms with Crippen molar-refractivity contribution >= 4 is 63.5 Å². The lowest BCUT2D eigenvalue weighted by Crippen LogP contribution is -2.30. The van der Waals surface area contributed by atoms with Crippen LogP contribution in [-0.4, -0.2) is 27.6 Å². The number of amides is 2. The minimum absolute atomic E-state index is 0.00577. The zero-order valence-electron chi connectivity index (χ0n) is 19.8. The molecule has 0 spiro atoms. The Balaban J connectivity index is 1.39. The SMILES string of the molecule is C[C@H](c1ccccc1)N1C(=O)/C(=C/c2ccc(OCC(=O)Nc3cccc(C(F)(F)F)c3)c(Cl)c2)SC1=S. The van der Waals surface area contributed by atoms with Crippen LogP contribution in [0.15, 0.2) is 77.7 Å². The molecule has 0 aliphatic carbocycles. The van der Waals surface area contributed by atoms with Gasteiger partial charge < -0.3 is 10.1 Å². The first kappa shape index (κ1) is 27.7. The smallest absolute Gasteiger partial charge is 0.416 e. The second kappa shape index (κ2) is 11.6. The second-order valence-electron chi connectivity index (χ2n) is 8.24. The minimum atomic E-state index is -4.52. The fraction of sp³-hybridized carbons (Fsp3) is 0.148. The summed E-state index contributed by atoms with van der Waals surface area (Å²) in [6.07, 6.45) is -2.85. The van der Waals surface area contributed by atoms with Gasteiger partial charge in [0.05, 0.1) is 21.5 Å². The van der Waals surface area contributed by atoms with Gasteiger partial charge in [0.15, 0.2) is 6.61 Å². The van der Waals surface area contributed by atoms with Crippen LogP contribution in [0.5, 0.6) is 5.75 Å². The standard InChI is InChI=1S/C27H20ClF3N2O3S2/c1-16(18-6-3-2-4-7-18)33-25(35)23(38-26(33)37)13-17-10-11-22(21(28)12-17)36-15-24(34)32-20-9-5-8-19(14-20)27(29,30)31/h2-14,16H,15H2,1H3,(H,32,34)/b23-13-/t16-/m1/s1. The van der Waals surface area contributed by atoms with Crippen LogP contribution in [0.3, 0.4) is 0 Å². The zero-order valence-corrected chi connectivity index (χ0v) is 22.2. The number of carbonyl (C=O) groups excluding carboxylic acids is 2. The van der Waals surface area contributed by atoms with Gasteiger partial charge in [-0.3, -0.25) is 14.5 Å². The summed E-state index contributed by atoms with van der Waals surface area (Å²) in [5.74, 6) is -0.659. The van der Waals surface area contributed by atoms with E-state index in [1.807, 2.05) is 37.3 Å². The van der Waals surface area contributed by atoms with Crippen LogP contribution < -0.4 is 10.1 Å². The summed E-state index contributed by atoms with van der Waals surface area (Å²) in [6.45, 7) is 1.44. The molecule has 0 bridgehead atoms. The summed E-state index contributed by atoms with van der Waals surface area (Å²) in [6, 6.07) is 18.4. The quantitative estimate of drug-likeness (QED) is 0.236. The number of rotatable bonds is 7. The Morgan fingerprint density at radius 2 is 1.87 bits per heavy atom. The molecule has 3 aromatic rings. The van der Waals surface area contributed by atoms with Crippen molar-refractivity contribution in [3.8, 4) is 5.75 Å². The van der Waals surface area contributed by atoms with Crippen molar-refractivity contribution in [3.63, 3.8) is 0 Å². The van der Waals surface area contributed by atoms with Crippen LogP contribution in [0.25, 0.3) is 6.08 Å². The maximum Gasteiger partial charge on any atom is 0.416 e. The molecule has 1 atom stereocenters. The van der Waals surface area contributed by atoms with Gasteiger partial charge >= 0.3 is 6.18 Å². The number of hydrogen-bond donors (Lipinski definition) is 1. The number of hydrogen-bond acceptors (Lipinski definition) is 5. The Labute approximate surface area is 231 Å². The summed E-state index contributed by atoms with van der Waals surface area (Å²) in [5.41, 5.74) is 0.713. The predicted molar refractivity (Wildman–Crippen MR) is 147 cm³/mol.